The van der Waals surface area contributed by atoms with Gasteiger partial charge in [0.05, 0.1) is 18.0 Å². The molecule has 0 N–H and O–H groups in total. The van der Waals surface area contributed by atoms with Gasteiger partial charge in [0.25, 0.3) is 0 Å². The summed E-state index contributed by atoms with van der Waals surface area (Å²) in [7, 11) is 0. The highest BCUT2D eigenvalue weighted by atomic mass is 15.5. The lowest BCUT2D eigenvalue weighted by Crippen LogP contribution is -2.39. The van der Waals surface area contributed by atoms with Crippen LogP contribution in [0.1, 0.15) is 22.3 Å². The van der Waals surface area contributed by atoms with Gasteiger partial charge in [0.1, 0.15) is 0 Å². The summed E-state index contributed by atoms with van der Waals surface area (Å²) in [6.07, 6.45) is 0. The molecule has 0 amide bonds. The first kappa shape index (κ1) is 20.1. The van der Waals surface area contributed by atoms with E-state index in [4.69, 9.17) is 10.2 Å². The van der Waals surface area contributed by atoms with E-state index in [0.717, 1.165) is 50.7 Å². The third kappa shape index (κ3) is 3.65. The molecular weight excluding hydrogens is 416 g/mol. The van der Waals surface area contributed by atoms with Crippen molar-refractivity contribution in [2.24, 2.45) is 15.3 Å². The predicted octanol–water partition coefficient (Wildman–Crippen LogP) is 6.13. The van der Waals surface area contributed by atoms with E-state index in [1.807, 2.05) is 41.4 Å². The van der Waals surface area contributed by atoms with Gasteiger partial charge in [0, 0.05) is 16.7 Å². The Morgan fingerprint density at radius 3 is 1.50 bits per heavy atom. The van der Waals surface area contributed by atoms with Crippen LogP contribution in [0.2, 0.25) is 0 Å². The maximum atomic E-state index is 5.16. The van der Waals surface area contributed by atoms with E-state index in [1.54, 1.807) is 0 Å². The molecule has 4 aromatic carbocycles. The van der Waals surface area contributed by atoms with Gasteiger partial charge in [-0.15, -0.1) is 5.10 Å². The van der Waals surface area contributed by atoms with Crippen molar-refractivity contribution in [1.82, 2.24) is 5.01 Å². The van der Waals surface area contributed by atoms with Crippen LogP contribution < -0.4 is 0 Å². The fourth-order valence-electron chi connectivity index (χ4n) is 4.41. The third-order valence-electron chi connectivity index (χ3n) is 6.02. The Labute approximate surface area is 198 Å². The fraction of sp³-hybridized carbons (Fsp3) is 0.0333. The topological polar surface area (TPSA) is 40.3 Å². The first-order chi connectivity index (χ1) is 16.9. The molecule has 4 nitrogen and oxygen atoms in total. The SMILES string of the molecule is c1ccc(C2=NN=C3C(c4ccccc4)=C(c4ccccc4)C(c4ccccc4)=NN3C2)cc1. The smallest absolute Gasteiger partial charge is 0.180 e. The van der Waals surface area contributed by atoms with Crippen LogP contribution in [0.25, 0.3) is 11.1 Å². The number of benzene rings is 4. The van der Waals surface area contributed by atoms with Crippen molar-refractivity contribution < 1.29 is 0 Å². The van der Waals surface area contributed by atoms with Gasteiger partial charge in [-0.25, -0.2) is 5.01 Å². The summed E-state index contributed by atoms with van der Waals surface area (Å²) in [6, 6.07) is 41.4. The van der Waals surface area contributed by atoms with Gasteiger partial charge in [0.15, 0.2) is 5.84 Å². The van der Waals surface area contributed by atoms with E-state index in [1.165, 1.54) is 0 Å². The Kier molecular flexibility index (Phi) is 5.17. The lowest BCUT2D eigenvalue weighted by molar-refractivity contribution is 0.502. The fourth-order valence-corrected chi connectivity index (χ4v) is 4.41. The van der Waals surface area contributed by atoms with Crippen molar-refractivity contribution in [2.45, 2.75) is 0 Å². The first-order valence-electron chi connectivity index (χ1n) is 11.4. The molecule has 0 aliphatic carbocycles. The Bertz CT molecular complexity index is 1440. The van der Waals surface area contributed by atoms with E-state index in [2.05, 4.69) is 90.0 Å². The number of allylic oxidation sites excluding steroid dienone is 1. The summed E-state index contributed by atoms with van der Waals surface area (Å²) in [6.45, 7) is 0.553. The Morgan fingerprint density at radius 1 is 0.471 bits per heavy atom. The second-order valence-electron chi connectivity index (χ2n) is 8.19. The minimum absolute atomic E-state index is 0.553. The Morgan fingerprint density at radius 2 is 0.941 bits per heavy atom. The molecule has 0 bridgehead atoms. The van der Waals surface area contributed by atoms with E-state index >= 15 is 0 Å². The zero-order chi connectivity index (χ0) is 22.7. The standard InChI is InChI=1S/C30H22N4/c1-5-13-22(14-6-1)26-21-34-30(32-31-26)28(24-17-9-3-10-18-24)27(23-15-7-2-8-16-23)29(33-34)25-19-11-4-12-20-25/h1-20H,21H2. The third-order valence-corrected chi connectivity index (χ3v) is 6.02. The van der Waals surface area contributed by atoms with Crippen molar-refractivity contribution in [2.75, 3.05) is 6.54 Å². The van der Waals surface area contributed by atoms with Gasteiger partial charge < -0.3 is 0 Å². The molecule has 162 valence electrons. The highest BCUT2D eigenvalue weighted by molar-refractivity contribution is 6.48. The number of amidine groups is 1. The molecule has 2 aliphatic heterocycles. The lowest BCUT2D eigenvalue weighted by Gasteiger charge is -2.33. The van der Waals surface area contributed by atoms with Crippen molar-refractivity contribution in [1.29, 1.82) is 0 Å². The van der Waals surface area contributed by atoms with Crippen LogP contribution in [0, 0.1) is 0 Å². The molecule has 0 saturated carbocycles. The molecule has 0 fully saturated rings. The molecule has 34 heavy (non-hydrogen) atoms. The largest absolute Gasteiger partial charge is 0.239 e. The zero-order valence-corrected chi connectivity index (χ0v) is 18.5. The molecular formula is C30H22N4. The van der Waals surface area contributed by atoms with Gasteiger partial charge in [-0.2, -0.15) is 10.2 Å². The number of nitrogens with zero attached hydrogens (tertiary/aromatic N) is 4. The highest BCUT2D eigenvalue weighted by Gasteiger charge is 2.33. The number of hydrogen-bond donors (Lipinski definition) is 0. The predicted molar refractivity (Wildman–Crippen MR) is 140 cm³/mol. The number of hydrogen-bond acceptors (Lipinski definition) is 4. The first-order valence-corrected chi connectivity index (χ1v) is 11.4. The summed E-state index contributed by atoms with van der Waals surface area (Å²) in [5.41, 5.74) is 8.24. The average Bonchev–Trinajstić information content (AvgIpc) is 2.93. The molecule has 0 aromatic heterocycles. The van der Waals surface area contributed by atoms with Gasteiger partial charge in [-0.05, 0) is 16.7 Å². The van der Waals surface area contributed by atoms with Crippen LogP contribution in [-0.4, -0.2) is 28.8 Å². The number of fused-ring (bicyclic) bond motifs is 1. The van der Waals surface area contributed by atoms with Crippen molar-refractivity contribution in [3.05, 3.63) is 144 Å². The summed E-state index contributed by atoms with van der Waals surface area (Å²) < 4.78 is 0. The minimum Gasteiger partial charge on any atom is -0.239 e. The van der Waals surface area contributed by atoms with Gasteiger partial charge in [-0.1, -0.05) is 121 Å². The van der Waals surface area contributed by atoms with Gasteiger partial charge in [0.2, 0.25) is 0 Å². The molecule has 0 spiro atoms. The van der Waals surface area contributed by atoms with Crippen LogP contribution >= 0.6 is 0 Å². The molecule has 0 atom stereocenters. The molecule has 4 heteroatoms. The number of rotatable bonds is 4. The van der Waals surface area contributed by atoms with Gasteiger partial charge >= 0.3 is 0 Å². The van der Waals surface area contributed by atoms with E-state index in [-0.39, 0.29) is 0 Å². The maximum absolute atomic E-state index is 5.16. The van der Waals surface area contributed by atoms with E-state index < -0.39 is 0 Å². The van der Waals surface area contributed by atoms with Crippen molar-refractivity contribution in [3.8, 4) is 0 Å². The molecule has 0 saturated heterocycles. The van der Waals surface area contributed by atoms with Crippen LogP contribution in [0.3, 0.4) is 0 Å². The van der Waals surface area contributed by atoms with Crippen LogP contribution in [0.5, 0.6) is 0 Å². The van der Waals surface area contributed by atoms with Crippen LogP contribution in [0.15, 0.2) is 137 Å². The maximum Gasteiger partial charge on any atom is 0.180 e. The molecule has 6 rings (SSSR count). The second kappa shape index (κ2) is 8.75. The quantitative estimate of drug-likeness (QED) is 0.378. The summed E-state index contributed by atoms with van der Waals surface area (Å²) >= 11 is 0. The lowest BCUT2D eigenvalue weighted by atomic mass is 9.86. The Hall–Kier alpha value is -4.57. The minimum atomic E-state index is 0.553. The monoisotopic (exact) mass is 438 g/mol. The average molecular weight is 439 g/mol. The molecule has 0 unspecified atom stereocenters. The molecule has 4 aromatic rings. The normalized spacial score (nSPS) is 15.3. The van der Waals surface area contributed by atoms with Gasteiger partial charge in [-0.3, -0.25) is 0 Å². The van der Waals surface area contributed by atoms with Crippen molar-refractivity contribution >= 4 is 28.4 Å². The molecule has 0 radical (unpaired) electrons. The summed E-state index contributed by atoms with van der Waals surface area (Å²) in [4.78, 5) is 0. The van der Waals surface area contributed by atoms with Crippen LogP contribution in [-0.2, 0) is 0 Å². The molecule has 2 aliphatic rings. The summed E-state index contributed by atoms with van der Waals surface area (Å²) in [5.74, 6) is 0.768. The zero-order valence-electron chi connectivity index (χ0n) is 18.5. The number of hydrazone groups is 1. The van der Waals surface area contributed by atoms with Crippen LogP contribution in [0.4, 0.5) is 0 Å². The second-order valence-corrected chi connectivity index (χ2v) is 8.19. The Balaban J connectivity index is 1.62. The highest BCUT2D eigenvalue weighted by Crippen LogP contribution is 2.36. The van der Waals surface area contributed by atoms with E-state index in [9.17, 15) is 0 Å². The van der Waals surface area contributed by atoms with Crippen molar-refractivity contribution in [3.63, 3.8) is 0 Å². The van der Waals surface area contributed by atoms with E-state index in [0.29, 0.717) is 6.54 Å². The summed E-state index contributed by atoms with van der Waals surface area (Å²) in [5, 5.41) is 16.5. The molecule has 2 heterocycles.